The molecule has 0 unspecified atom stereocenters. The van der Waals surface area contributed by atoms with Gasteiger partial charge >= 0.3 is 0 Å². The van der Waals surface area contributed by atoms with Gasteiger partial charge in [0.05, 0.1) is 4.21 Å². The summed E-state index contributed by atoms with van der Waals surface area (Å²) in [5, 5.41) is 2.25. The van der Waals surface area contributed by atoms with Crippen LogP contribution < -0.4 is 0 Å². The van der Waals surface area contributed by atoms with E-state index in [4.69, 9.17) is 0 Å². The summed E-state index contributed by atoms with van der Waals surface area (Å²) in [5.74, 6) is 1.10. The van der Waals surface area contributed by atoms with Crippen LogP contribution in [0.1, 0.15) is 29.5 Å². The van der Waals surface area contributed by atoms with Crippen molar-refractivity contribution in [1.29, 1.82) is 0 Å². The topological polar surface area (TPSA) is 3.24 Å². The zero-order chi connectivity index (χ0) is 14.2. The highest BCUT2D eigenvalue weighted by Crippen LogP contribution is 2.45. The van der Waals surface area contributed by atoms with Crippen LogP contribution in [0.5, 0.6) is 0 Å². The van der Waals surface area contributed by atoms with E-state index < -0.39 is 0 Å². The van der Waals surface area contributed by atoms with Gasteiger partial charge in [-0.25, -0.2) is 0 Å². The van der Waals surface area contributed by atoms with E-state index in [0.29, 0.717) is 0 Å². The number of nitrogens with zero attached hydrogens (tertiary/aromatic N) is 1. The largest absolute Gasteiger partial charge is 0.306 e. The zero-order valence-corrected chi connectivity index (χ0v) is 13.9. The maximum absolute atomic E-state index is 2.44. The van der Waals surface area contributed by atoms with E-state index in [9.17, 15) is 0 Å². The highest BCUT2D eigenvalue weighted by molar-refractivity contribution is 8.00. The normalized spacial score (nSPS) is 19.1. The first-order valence-corrected chi connectivity index (χ1v) is 9.39. The molecule has 0 saturated carbocycles. The molecule has 3 heterocycles. The first-order valence-electron chi connectivity index (χ1n) is 7.52. The summed E-state index contributed by atoms with van der Waals surface area (Å²) in [6.07, 6.45) is 2.42. The van der Waals surface area contributed by atoms with E-state index in [1.807, 2.05) is 23.1 Å². The molecule has 0 spiro atoms. The number of fused-ring (bicyclic) bond motifs is 2. The molecule has 1 aromatic heterocycles. The number of thiophene rings is 1. The fourth-order valence-electron chi connectivity index (χ4n) is 3.29. The molecule has 1 aromatic carbocycles. The number of hydrogen-bond donors (Lipinski definition) is 0. The van der Waals surface area contributed by atoms with Gasteiger partial charge in [0.2, 0.25) is 0 Å². The van der Waals surface area contributed by atoms with Gasteiger partial charge in [-0.05, 0) is 48.0 Å². The molecule has 21 heavy (non-hydrogen) atoms. The Hall–Kier alpha value is -1.03. The molecule has 1 fully saturated rings. The Morgan fingerprint density at radius 3 is 2.67 bits per heavy atom. The van der Waals surface area contributed by atoms with Crippen molar-refractivity contribution in [3.63, 3.8) is 0 Å². The van der Waals surface area contributed by atoms with Gasteiger partial charge in [-0.1, -0.05) is 29.8 Å². The van der Waals surface area contributed by atoms with E-state index in [-0.39, 0.29) is 0 Å². The smallest absolute Gasteiger partial charge is 0.0680 e. The number of piperidine rings is 1. The average molecular weight is 313 g/mol. The quantitative estimate of drug-likeness (QED) is 0.682. The van der Waals surface area contributed by atoms with Crippen LogP contribution in [0.15, 0.2) is 45.5 Å². The lowest BCUT2D eigenvalue weighted by Crippen LogP contribution is -2.27. The number of likely N-dealkylation sites (tertiary alicyclic amines) is 1. The predicted molar refractivity (Wildman–Crippen MR) is 93.1 cm³/mol. The molecule has 4 rings (SSSR count). The van der Waals surface area contributed by atoms with Crippen LogP contribution in [0, 0.1) is 0 Å². The molecular weight excluding hydrogens is 294 g/mol. The molecule has 3 heteroatoms. The predicted octanol–water partition coefficient (Wildman–Crippen LogP) is 4.88. The number of hydrogen-bond acceptors (Lipinski definition) is 3. The van der Waals surface area contributed by atoms with Crippen molar-refractivity contribution in [1.82, 2.24) is 4.90 Å². The lowest BCUT2D eigenvalue weighted by molar-refractivity contribution is 0.313. The molecule has 108 valence electrons. The first-order chi connectivity index (χ1) is 10.3. The van der Waals surface area contributed by atoms with Crippen LogP contribution in [0.2, 0.25) is 0 Å². The van der Waals surface area contributed by atoms with E-state index in [2.05, 4.69) is 47.7 Å². The summed E-state index contributed by atoms with van der Waals surface area (Å²) in [4.78, 5) is 2.44. The Morgan fingerprint density at radius 1 is 1.00 bits per heavy atom. The molecule has 0 aliphatic carbocycles. The van der Waals surface area contributed by atoms with Gasteiger partial charge in [0.15, 0.2) is 0 Å². The minimum atomic E-state index is 1.10. The highest BCUT2D eigenvalue weighted by Gasteiger charge is 2.23. The van der Waals surface area contributed by atoms with Crippen LogP contribution in [0.25, 0.3) is 5.57 Å². The molecule has 0 N–H and O–H groups in total. The van der Waals surface area contributed by atoms with Gasteiger partial charge < -0.3 is 4.90 Å². The minimum absolute atomic E-state index is 1.10. The summed E-state index contributed by atoms with van der Waals surface area (Å²) < 4.78 is 1.49. The lowest BCUT2D eigenvalue weighted by Gasteiger charge is -2.27. The van der Waals surface area contributed by atoms with Crippen LogP contribution in [-0.4, -0.2) is 25.0 Å². The summed E-state index contributed by atoms with van der Waals surface area (Å²) in [6, 6.07) is 11.3. The molecule has 0 amide bonds. The van der Waals surface area contributed by atoms with E-state index >= 15 is 0 Å². The molecule has 0 bridgehead atoms. The van der Waals surface area contributed by atoms with Crippen molar-refractivity contribution in [2.75, 3.05) is 20.1 Å². The maximum atomic E-state index is 2.44. The summed E-state index contributed by atoms with van der Waals surface area (Å²) in [7, 11) is 2.23. The second kappa shape index (κ2) is 5.64. The second-order valence-corrected chi connectivity index (χ2v) is 8.01. The second-order valence-electron chi connectivity index (χ2n) is 5.85. The fourth-order valence-corrected chi connectivity index (χ4v) is 5.39. The third-order valence-electron chi connectivity index (χ3n) is 4.49. The fraction of sp³-hybridized carbons (Fsp3) is 0.333. The lowest BCUT2D eigenvalue weighted by atomic mass is 9.88. The standard InChI is InChI=1S/C18H19NS2/c1-19-9-6-13(7-10-19)17-15-5-3-2-4-14(15)12-21-18-16(17)8-11-20-18/h2-5,8,11H,6-7,9-10,12H2,1H3. The molecule has 0 atom stereocenters. The van der Waals surface area contributed by atoms with Gasteiger partial charge in [-0.2, -0.15) is 0 Å². The molecule has 1 saturated heterocycles. The van der Waals surface area contributed by atoms with Crippen molar-refractivity contribution in [2.45, 2.75) is 22.8 Å². The Bertz CT molecular complexity index is 689. The maximum Gasteiger partial charge on any atom is 0.0680 e. The van der Waals surface area contributed by atoms with E-state index in [1.165, 1.54) is 46.8 Å². The van der Waals surface area contributed by atoms with Crippen molar-refractivity contribution in [3.05, 3.63) is 58.0 Å². The first kappa shape index (κ1) is 13.6. The van der Waals surface area contributed by atoms with Gasteiger partial charge in [-0.3, -0.25) is 0 Å². The van der Waals surface area contributed by atoms with Crippen molar-refractivity contribution >= 4 is 28.7 Å². The third-order valence-corrected chi connectivity index (χ3v) is 6.77. The number of thioether (sulfide) groups is 1. The Balaban J connectivity index is 1.91. The van der Waals surface area contributed by atoms with Crippen molar-refractivity contribution < 1.29 is 0 Å². The number of benzene rings is 1. The zero-order valence-electron chi connectivity index (χ0n) is 12.3. The van der Waals surface area contributed by atoms with Crippen LogP contribution in [-0.2, 0) is 5.75 Å². The molecule has 1 nitrogen and oxygen atoms in total. The highest BCUT2D eigenvalue weighted by atomic mass is 32.2. The average Bonchev–Trinajstić information content (AvgIpc) is 2.91. The monoisotopic (exact) mass is 313 g/mol. The number of rotatable bonds is 0. The summed E-state index contributed by atoms with van der Waals surface area (Å²) >= 11 is 3.90. The van der Waals surface area contributed by atoms with Gasteiger partial charge in [0.1, 0.15) is 0 Å². The van der Waals surface area contributed by atoms with Gasteiger partial charge in [0.25, 0.3) is 0 Å². The summed E-state index contributed by atoms with van der Waals surface area (Å²) in [5.41, 5.74) is 7.64. The summed E-state index contributed by atoms with van der Waals surface area (Å²) in [6.45, 7) is 2.38. The van der Waals surface area contributed by atoms with Crippen molar-refractivity contribution in [3.8, 4) is 0 Å². The Kier molecular flexibility index (Phi) is 3.66. The third kappa shape index (κ3) is 2.48. The van der Waals surface area contributed by atoms with Crippen LogP contribution in [0.4, 0.5) is 0 Å². The molecule has 0 radical (unpaired) electrons. The molecule has 2 aliphatic heterocycles. The van der Waals surface area contributed by atoms with Gasteiger partial charge in [0, 0.05) is 24.4 Å². The van der Waals surface area contributed by atoms with Gasteiger partial charge in [-0.15, -0.1) is 23.1 Å². The Morgan fingerprint density at radius 2 is 1.81 bits per heavy atom. The van der Waals surface area contributed by atoms with Crippen molar-refractivity contribution in [2.24, 2.45) is 0 Å². The SMILES string of the molecule is CN1CCC(=C2c3ccccc3CSc3sccc32)CC1. The Labute approximate surface area is 134 Å². The molecular formula is C18H19NS2. The van der Waals surface area contributed by atoms with E-state index in [1.54, 1.807) is 11.1 Å². The van der Waals surface area contributed by atoms with Crippen LogP contribution in [0.3, 0.4) is 0 Å². The molecule has 2 aromatic rings. The molecule has 2 aliphatic rings. The van der Waals surface area contributed by atoms with E-state index in [0.717, 1.165) is 5.75 Å². The van der Waals surface area contributed by atoms with Crippen LogP contribution >= 0.6 is 23.1 Å². The minimum Gasteiger partial charge on any atom is -0.306 e.